The van der Waals surface area contributed by atoms with E-state index in [1.807, 2.05) is 0 Å². The molecule has 0 unspecified atom stereocenters. The highest BCUT2D eigenvalue weighted by atomic mass is 32.1. The molecule has 0 radical (unpaired) electrons. The molecular weight excluding hydrogens is 210 g/mol. The minimum absolute atomic E-state index is 0.673. The summed E-state index contributed by atoms with van der Waals surface area (Å²) < 4.78 is 5.02. The maximum Gasteiger partial charge on any atom is 0.0941 e. The molecule has 0 amide bonds. The van der Waals surface area contributed by atoms with E-state index in [0.717, 1.165) is 36.8 Å². The van der Waals surface area contributed by atoms with Gasteiger partial charge in [-0.25, -0.2) is 4.98 Å². The van der Waals surface area contributed by atoms with Crippen molar-refractivity contribution in [1.82, 2.24) is 9.88 Å². The first kappa shape index (κ1) is 12.6. The van der Waals surface area contributed by atoms with Crippen molar-refractivity contribution in [3.05, 3.63) is 16.1 Å². The third kappa shape index (κ3) is 4.70. The van der Waals surface area contributed by atoms with Gasteiger partial charge in [-0.1, -0.05) is 0 Å². The summed E-state index contributed by atoms with van der Waals surface area (Å²) in [4.78, 5) is 6.70. The normalized spacial score (nSPS) is 11.2. The lowest BCUT2D eigenvalue weighted by Crippen LogP contribution is -2.22. The maximum atomic E-state index is 5.48. The molecular formula is C10H19N3OS. The molecule has 2 N–H and O–H groups in total. The second kappa shape index (κ2) is 6.90. The fourth-order valence-electron chi connectivity index (χ4n) is 1.26. The molecule has 0 bridgehead atoms. The first-order valence-corrected chi connectivity index (χ1v) is 5.95. The van der Waals surface area contributed by atoms with Crippen LogP contribution >= 0.6 is 11.3 Å². The highest BCUT2D eigenvalue weighted by Crippen LogP contribution is 2.11. The van der Waals surface area contributed by atoms with Gasteiger partial charge in [-0.2, -0.15) is 0 Å². The molecule has 15 heavy (non-hydrogen) atoms. The van der Waals surface area contributed by atoms with Gasteiger partial charge in [0.15, 0.2) is 0 Å². The molecule has 1 rings (SSSR count). The van der Waals surface area contributed by atoms with Gasteiger partial charge in [0.1, 0.15) is 0 Å². The Hall–Kier alpha value is -0.490. The van der Waals surface area contributed by atoms with Crippen molar-refractivity contribution in [1.29, 1.82) is 0 Å². The highest BCUT2D eigenvalue weighted by Gasteiger charge is 2.04. The third-order valence-corrected chi connectivity index (χ3v) is 3.02. The largest absolute Gasteiger partial charge is 0.383 e. The van der Waals surface area contributed by atoms with Gasteiger partial charge >= 0.3 is 0 Å². The summed E-state index contributed by atoms with van der Waals surface area (Å²) in [5.74, 6) is 0. The Morgan fingerprint density at radius 1 is 1.60 bits per heavy atom. The summed E-state index contributed by atoms with van der Waals surface area (Å²) in [6.07, 6.45) is 0.881. The van der Waals surface area contributed by atoms with Gasteiger partial charge in [0.05, 0.1) is 17.3 Å². The lowest BCUT2D eigenvalue weighted by molar-refractivity contribution is 0.158. The highest BCUT2D eigenvalue weighted by molar-refractivity contribution is 7.09. The Balaban J connectivity index is 2.35. The quantitative estimate of drug-likeness (QED) is 0.748. The summed E-state index contributed by atoms with van der Waals surface area (Å²) in [6.45, 7) is 3.24. The zero-order chi connectivity index (χ0) is 11.1. The fraction of sp³-hybridized carbons (Fsp3) is 0.700. The zero-order valence-corrected chi connectivity index (χ0v) is 10.2. The van der Waals surface area contributed by atoms with E-state index in [0.29, 0.717) is 6.54 Å². The first-order chi connectivity index (χ1) is 7.26. The molecule has 1 heterocycles. The topological polar surface area (TPSA) is 51.4 Å². The van der Waals surface area contributed by atoms with Crippen LogP contribution in [0.1, 0.15) is 10.7 Å². The Morgan fingerprint density at radius 2 is 2.40 bits per heavy atom. The second-order valence-electron chi connectivity index (χ2n) is 3.50. The van der Waals surface area contributed by atoms with Crippen LogP contribution in [0.4, 0.5) is 0 Å². The Morgan fingerprint density at radius 3 is 3.07 bits per heavy atom. The molecule has 0 atom stereocenters. The van der Waals surface area contributed by atoms with Crippen molar-refractivity contribution >= 4 is 11.3 Å². The number of nitrogens with two attached hydrogens (primary N) is 1. The second-order valence-corrected chi connectivity index (χ2v) is 4.44. The molecule has 0 aliphatic carbocycles. The number of ether oxygens (including phenoxy) is 1. The number of aromatic nitrogens is 1. The van der Waals surface area contributed by atoms with Crippen LogP contribution in [-0.2, 0) is 17.7 Å². The number of hydrogen-bond donors (Lipinski definition) is 1. The molecule has 0 aliphatic heterocycles. The van der Waals surface area contributed by atoms with Crippen LogP contribution in [0.2, 0.25) is 0 Å². The summed E-state index contributed by atoms with van der Waals surface area (Å²) in [5, 5.41) is 3.24. The van der Waals surface area contributed by atoms with Crippen molar-refractivity contribution in [2.45, 2.75) is 13.0 Å². The van der Waals surface area contributed by atoms with Gasteiger partial charge in [0.2, 0.25) is 0 Å². The maximum absolute atomic E-state index is 5.48. The predicted octanol–water partition coefficient (Wildman–Crippen LogP) is 0.723. The lowest BCUT2D eigenvalue weighted by atomic mass is 10.4. The number of hydrogen-bond acceptors (Lipinski definition) is 5. The molecule has 0 spiro atoms. The molecule has 1 aromatic rings. The van der Waals surface area contributed by atoms with E-state index < -0.39 is 0 Å². The smallest absolute Gasteiger partial charge is 0.0941 e. The van der Waals surface area contributed by atoms with Crippen LogP contribution in [0.25, 0.3) is 0 Å². The Kier molecular flexibility index (Phi) is 5.78. The van der Waals surface area contributed by atoms with Gasteiger partial charge in [-0.15, -0.1) is 11.3 Å². The van der Waals surface area contributed by atoms with Crippen LogP contribution in [-0.4, -0.2) is 43.7 Å². The van der Waals surface area contributed by atoms with Crippen molar-refractivity contribution in [2.24, 2.45) is 5.73 Å². The molecule has 0 saturated heterocycles. The number of nitrogens with zero attached hydrogens (tertiary/aromatic N) is 2. The number of rotatable bonds is 7. The van der Waals surface area contributed by atoms with Crippen molar-refractivity contribution in [3.8, 4) is 0 Å². The average molecular weight is 229 g/mol. The Bertz CT molecular complexity index is 277. The molecule has 0 aromatic carbocycles. The molecule has 1 aromatic heterocycles. The third-order valence-electron chi connectivity index (χ3n) is 2.07. The first-order valence-electron chi connectivity index (χ1n) is 5.07. The van der Waals surface area contributed by atoms with Crippen molar-refractivity contribution in [2.75, 3.05) is 33.9 Å². The molecule has 86 valence electrons. The van der Waals surface area contributed by atoms with Gasteiger partial charge in [0, 0.05) is 32.0 Å². The number of thiazole rings is 1. The van der Waals surface area contributed by atoms with E-state index in [4.69, 9.17) is 10.5 Å². The van der Waals surface area contributed by atoms with E-state index in [-0.39, 0.29) is 0 Å². The van der Waals surface area contributed by atoms with Crippen LogP contribution in [0.15, 0.2) is 5.38 Å². The van der Waals surface area contributed by atoms with E-state index in [1.54, 1.807) is 18.4 Å². The molecule has 5 heteroatoms. The summed E-state index contributed by atoms with van der Waals surface area (Å²) >= 11 is 1.69. The summed E-state index contributed by atoms with van der Waals surface area (Å²) in [7, 11) is 3.79. The number of methoxy groups -OCH3 is 1. The fourth-order valence-corrected chi connectivity index (χ4v) is 2.07. The van der Waals surface area contributed by atoms with Crippen LogP contribution in [0, 0.1) is 0 Å². The molecule has 0 saturated carbocycles. The minimum atomic E-state index is 0.673. The lowest BCUT2D eigenvalue weighted by Gasteiger charge is -2.13. The van der Waals surface area contributed by atoms with Crippen LogP contribution < -0.4 is 5.73 Å². The summed E-state index contributed by atoms with van der Waals surface area (Å²) in [5.41, 5.74) is 6.60. The predicted molar refractivity (Wildman–Crippen MR) is 63.1 cm³/mol. The molecule has 4 nitrogen and oxygen atoms in total. The standard InChI is InChI=1S/C10H19N3OS/c1-13(5-6-14-2)7-9-8-15-10(12-9)3-4-11/h8H,3-7,11H2,1-2H3. The SMILES string of the molecule is COCCN(C)Cc1csc(CCN)n1. The van der Waals surface area contributed by atoms with Gasteiger partial charge in [0.25, 0.3) is 0 Å². The van der Waals surface area contributed by atoms with E-state index in [9.17, 15) is 0 Å². The number of likely N-dealkylation sites (N-methyl/N-ethyl adjacent to an activating group) is 1. The van der Waals surface area contributed by atoms with Crippen molar-refractivity contribution in [3.63, 3.8) is 0 Å². The van der Waals surface area contributed by atoms with Gasteiger partial charge in [-0.05, 0) is 13.6 Å². The van der Waals surface area contributed by atoms with E-state index >= 15 is 0 Å². The zero-order valence-electron chi connectivity index (χ0n) is 9.40. The summed E-state index contributed by atoms with van der Waals surface area (Å²) in [6, 6.07) is 0. The van der Waals surface area contributed by atoms with Crippen LogP contribution in [0.3, 0.4) is 0 Å². The van der Waals surface area contributed by atoms with Crippen LogP contribution in [0.5, 0.6) is 0 Å². The molecule has 0 aliphatic rings. The monoisotopic (exact) mass is 229 g/mol. The Labute approximate surface area is 95.1 Å². The molecule has 0 fully saturated rings. The minimum Gasteiger partial charge on any atom is -0.383 e. The van der Waals surface area contributed by atoms with Gasteiger partial charge < -0.3 is 10.5 Å². The van der Waals surface area contributed by atoms with Gasteiger partial charge in [-0.3, -0.25) is 4.90 Å². The average Bonchev–Trinajstić information content (AvgIpc) is 2.63. The van der Waals surface area contributed by atoms with E-state index in [1.165, 1.54) is 0 Å². The van der Waals surface area contributed by atoms with E-state index in [2.05, 4.69) is 22.3 Å². The van der Waals surface area contributed by atoms with Crippen molar-refractivity contribution < 1.29 is 4.74 Å².